The molecule has 256 valence electrons. The van der Waals surface area contributed by atoms with Gasteiger partial charge in [0.15, 0.2) is 5.82 Å². The zero-order valence-electron chi connectivity index (χ0n) is 29.8. The van der Waals surface area contributed by atoms with E-state index in [-0.39, 0.29) is 0 Å². The Labute approximate surface area is 318 Å². The van der Waals surface area contributed by atoms with Crippen LogP contribution in [-0.4, -0.2) is 15.0 Å². The molecule has 6 aromatic carbocycles. The number of fused-ring (bicyclic) bond motifs is 5. The Hall–Kier alpha value is -6.49. The maximum Gasteiger partial charge on any atom is 0.160 e. The van der Waals surface area contributed by atoms with Gasteiger partial charge in [0.25, 0.3) is 0 Å². The molecule has 1 aliphatic rings. The van der Waals surface area contributed by atoms with Crippen molar-refractivity contribution >= 4 is 48.0 Å². The second kappa shape index (κ2) is 13.5. The molecule has 1 unspecified atom stereocenters. The summed E-state index contributed by atoms with van der Waals surface area (Å²) in [5, 5.41) is 3.72. The fourth-order valence-electron chi connectivity index (χ4n) is 7.57. The molecule has 0 saturated heterocycles. The molecule has 0 amide bonds. The van der Waals surface area contributed by atoms with Crippen molar-refractivity contribution in [2.24, 2.45) is 5.92 Å². The molecule has 9 aromatic rings. The molecule has 0 N–H and O–H groups in total. The minimum absolute atomic E-state index is 0.535. The molecular formula is C50H35N3S. The van der Waals surface area contributed by atoms with E-state index in [1.165, 1.54) is 42.3 Å². The quantitative estimate of drug-likeness (QED) is 0.172. The van der Waals surface area contributed by atoms with Crippen LogP contribution in [0, 0.1) is 5.92 Å². The second-order valence-corrected chi connectivity index (χ2v) is 15.1. The van der Waals surface area contributed by atoms with Crippen LogP contribution >= 0.6 is 11.3 Å². The van der Waals surface area contributed by atoms with E-state index in [1.807, 2.05) is 35.6 Å². The lowest BCUT2D eigenvalue weighted by Gasteiger charge is -2.15. The molecule has 0 fully saturated rings. The van der Waals surface area contributed by atoms with Gasteiger partial charge in [-0.25, -0.2) is 15.0 Å². The number of hydrogen-bond acceptors (Lipinski definition) is 4. The van der Waals surface area contributed by atoms with Gasteiger partial charge in [0.2, 0.25) is 0 Å². The van der Waals surface area contributed by atoms with Crippen molar-refractivity contribution in [1.82, 2.24) is 15.0 Å². The van der Waals surface area contributed by atoms with Crippen molar-refractivity contribution in [3.63, 3.8) is 0 Å². The van der Waals surface area contributed by atoms with E-state index in [1.54, 1.807) is 0 Å². The largest absolute Gasteiger partial charge is 0.246 e. The normalized spacial score (nSPS) is 14.2. The highest BCUT2D eigenvalue weighted by Crippen LogP contribution is 2.44. The first-order valence-electron chi connectivity index (χ1n) is 18.5. The Kier molecular flexibility index (Phi) is 8.04. The van der Waals surface area contributed by atoms with E-state index < -0.39 is 0 Å². The lowest BCUT2D eigenvalue weighted by molar-refractivity contribution is 0.739. The summed E-state index contributed by atoms with van der Waals surface area (Å²) in [6.45, 7) is 2.27. The first-order valence-corrected chi connectivity index (χ1v) is 19.3. The smallest absolute Gasteiger partial charge is 0.160 e. The van der Waals surface area contributed by atoms with Crippen LogP contribution in [0.4, 0.5) is 0 Å². The Bertz CT molecular complexity index is 2890. The first kappa shape index (κ1) is 32.2. The van der Waals surface area contributed by atoms with Gasteiger partial charge in [0, 0.05) is 47.8 Å². The average Bonchev–Trinajstić information content (AvgIpc) is 3.64. The van der Waals surface area contributed by atoms with Gasteiger partial charge in [-0.2, -0.15) is 0 Å². The lowest BCUT2D eigenvalue weighted by atomic mass is 9.93. The summed E-state index contributed by atoms with van der Waals surface area (Å²) in [7, 11) is 0. The number of pyridine rings is 1. The summed E-state index contributed by atoms with van der Waals surface area (Å²) >= 11 is 1.87. The van der Waals surface area contributed by atoms with Gasteiger partial charge in [0.05, 0.1) is 22.6 Å². The molecule has 10 rings (SSSR count). The van der Waals surface area contributed by atoms with Crippen LogP contribution in [0.2, 0.25) is 0 Å². The van der Waals surface area contributed by atoms with E-state index in [9.17, 15) is 0 Å². The monoisotopic (exact) mass is 709 g/mol. The van der Waals surface area contributed by atoms with Crippen molar-refractivity contribution in [3.05, 3.63) is 182 Å². The van der Waals surface area contributed by atoms with Crippen LogP contribution in [0.3, 0.4) is 0 Å². The Morgan fingerprint density at radius 2 is 1.13 bits per heavy atom. The summed E-state index contributed by atoms with van der Waals surface area (Å²) in [6.07, 6.45) is 7.96. The van der Waals surface area contributed by atoms with Crippen LogP contribution in [-0.2, 0) is 0 Å². The topological polar surface area (TPSA) is 38.7 Å². The Morgan fingerprint density at radius 1 is 0.537 bits per heavy atom. The average molecular weight is 710 g/mol. The highest BCUT2D eigenvalue weighted by molar-refractivity contribution is 7.26. The van der Waals surface area contributed by atoms with E-state index in [2.05, 4.69) is 159 Å². The predicted octanol–water partition coefficient (Wildman–Crippen LogP) is 13.7. The van der Waals surface area contributed by atoms with Gasteiger partial charge in [-0.05, 0) is 46.7 Å². The molecular weight excluding hydrogens is 675 g/mol. The summed E-state index contributed by atoms with van der Waals surface area (Å²) in [5.41, 5.74) is 12.8. The second-order valence-electron chi connectivity index (χ2n) is 14.0. The number of para-hydroxylation sites is 1. The van der Waals surface area contributed by atoms with E-state index in [0.717, 1.165) is 56.8 Å². The third-order valence-electron chi connectivity index (χ3n) is 10.5. The van der Waals surface area contributed by atoms with Crippen LogP contribution < -0.4 is 0 Å². The molecule has 0 saturated carbocycles. The van der Waals surface area contributed by atoms with Crippen molar-refractivity contribution in [1.29, 1.82) is 0 Å². The maximum atomic E-state index is 5.51. The summed E-state index contributed by atoms with van der Waals surface area (Å²) < 4.78 is 2.58. The van der Waals surface area contributed by atoms with Crippen molar-refractivity contribution < 1.29 is 0 Å². The highest BCUT2D eigenvalue weighted by atomic mass is 32.1. The molecule has 0 aliphatic heterocycles. The van der Waals surface area contributed by atoms with Gasteiger partial charge in [-0.15, -0.1) is 11.3 Å². The van der Waals surface area contributed by atoms with E-state index in [0.29, 0.717) is 11.7 Å². The molecule has 54 heavy (non-hydrogen) atoms. The number of thiophene rings is 1. The van der Waals surface area contributed by atoms with Crippen LogP contribution in [0.5, 0.6) is 0 Å². The third-order valence-corrected chi connectivity index (χ3v) is 11.7. The van der Waals surface area contributed by atoms with Gasteiger partial charge in [0.1, 0.15) is 0 Å². The molecule has 1 aliphatic carbocycles. The number of hydrogen-bond donors (Lipinski definition) is 0. The van der Waals surface area contributed by atoms with Gasteiger partial charge < -0.3 is 0 Å². The number of benzene rings is 6. The number of allylic oxidation sites excluding steroid dienone is 4. The van der Waals surface area contributed by atoms with Gasteiger partial charge in [-0.1, -0.05) is 171 Å². The summed E-state index contributed by atoms with van der Waals surface area (Å²) in [4.78, 5) is 15.7. The zero-order chi connectivity index (χ0) is 36.0. The van der Waals surface area contributed by atoms with Crippen molar-refractivity contribution in [3.8, 4) is 56.2 Å². The molecule has 0 bridgehead atoms. The first-order chi connectivity index (χ1) is 26.7. The van der Waals surface area contributed by atoms with Gasteiger partial charge >= 0.3 is 0 Å². The number of rotatable bonds is 6. The van der Waals surface area contributed by atoms with Crippen LogP contribution in [0.1, 0.15) is 19.0 Å². The Morgan fingerprint density at radius 3 is 1.81 bits per heavy atom. The molecule has 3 aromatic heterocycles. The van der Waals surface area contributed by atoms with Crippen LogP contribution in [0.25, 0.3) is 92.8 Å². The minimum Gasteiger partial charge on any atom is -0.246 e. The fraction of sp³-hybridized carbons (Fsp3) is 0.0600. The van der Waals surface area contributed by atoms with Crippen LogP contribution in [0.15, 0.2) is 176 Å². The number of aromatic nitrogens is 3. The molecule has 3 nitrogen and oxygen atoms in total. The molecule has 0 radical (unpaired) electrons. The number of nitrogens with zero attached hydrogens (tertiary/aromatic N) is 3. The molecule has 1 atom stereocenters. The lowest BCUT2D eigenvalue weighted by Crippen LogP contribution is -1.98. The molecule has 0 spiro atoms. The molecule has 4 heteroatoms. The van der Waals surface area contributed by atoms with E-state index in [4.69, 9.17) is 15.0 Å². The third kappa shape index (κ3) is 5.82. The Balaban J connectivity index is 1.08. The summed E-state index contributed by atoms with van der Waals surface area (Å²) in [6, 6.07) is 55.6. The minimum atomic E-state index is 0.535. The van der Waals surface area contributed by atoms with Gasteiger partial charge in [-0.3, -0.25) is 0 Å². The summed E-state index contributed by atoms with van der Waals surface area (Å²) in [5.74, 6) is 1.24. The van der Waals surface area contributed by atoms with E-state index >= 15 is 0 Å². The highest BCUT2D eigenvalue weighted by Gasteiger charge is 2.20. The van der Waals surface area contributed by atoms with Crippen molar-refractivity contribution in [2.45, 2.75) is 13.3 Å². The fourth-order valence-corrected chi connectivity index (χ4v) is 8.80. The SMILES string of the molecule is CC1C=CC(c2nc3c(-c4ccc(-c5cc(-c6ccc(-c7ccccc7)cc6)nc(-c6ccccc6)n5)cc4)cccc3c3sc4ccccc4c23)=CC1. The zero-order valence-corrected chi connectivity index (χ0v) is 30.6. The maximum absolute atomic E-state index is 5.51. The molecule has 3 heterocycles. The van der Waals surface area contributed by atoms with Crippen molar-refractivity contribution in [2.75, 3.05) is 0 Å². The standard InChI is InChI=1S/C50H35N3S/c1-32-19-21-38(22-20-32)47-46-41-15-8-9-18-45(41)54-49(46)42-17-10-16-40(48(42)53-47)35-25-29-37(30-26-35)44-31-43(51-50(52-44)39-13-6-3-7-14-39)36-27-23-34(24-28-36)33-11-4-2-5-12-33/h2-19,21-32H,20H2,1H3. The predicted molar refractivity (Wildman–Crippen MR) is 228 cm³/mol.